The van der Waals surface area contributed by atoms with Crippen molar-refractivity contribution in [2.75, 3.05) is 19.8 Å². The molecule has 0 radical (unpaired) electrons. The molecule has 2 heteroatoms. The highest BCUT2D eigenvalue weighted by Crippen LogP contribution is 2.27. The van der Waals surface area contributed by atoms with Gasteiger partial charge in [0, 0.05) is 19.1 Å². The third-order valence-corrected chi connectivity index (χ3v) is 3.45. The molecule has 1 fully saturated rings. The number of rotatable bonds is 8. The summed E-state index contributed by atoms with van der Waals surface area (Å²) in [6, 6.07) is 0. The van der Waals surface area contributed by atoms with Crippen molar-refractivity contribution < 1.29 is 9.47 Å². The fourth-order valence-corrected chi connectivity index (χ4v) is 2.42. The van der Waals surface area contributed by atoms with E-state index in [1.807, 2.05) is 0 Å². The number of ether oxygens (including phenoxy) is 2. The van der Waals surface area contributed by atoms with E-state index >= 15 is 0 Å². The van der Waals surface area contributed by atoms with Crippen LogP contribution in [0.1, 0.15) is 59.3 Å². The van der Waals surface area contributed by atoms with E-state index < -0.39 is 0 Å². The van der Waals surface area contributed by atoms with Crippen LogP contribution in [0.15, 0.2) is 0 Å². The van der Waals surface area contributed by atoms with Crippen LogP contribution in [0.25, 0.3) is 0 Å². The first-order valence-corrected chi connectivity index (χ1v) is 7.43. The summed E-state index contributed by atoms with van der Waals surface area (Å²) in [6.45, 7) is 9.34. The fourth-order valence-electron chi connectivity index (χ4n) is 2.42. The van der Waals surface area contributed by atoms with E-state index in [0.29, 0.717) is 17.9 Å². The Balaban J connectivity index is 2.22. The average molecular weight is 242 g/mol. The number of unbranched alkanes of at least 4 members (excludes halogenated alkanes) is 1. The third kappa shape index (κ3) is 6.42. The van der Waals surface area contributed by atoms with E-state index in [9.17, 15) is 0 Å². The molecule has 0 N–H and O–H groups in total. The maximum atomic E-state index is 6.01. The molecule has 2 unspecified atom stereocenters. The average Bonchev–Trinajstić information content (AvgIpc) is 2.31. The largest absolute Gasteiger partial charge is 0.381 e. The van der Waals surface area contributed by atoms with Crippen LogP contribution < -0.4 is 0 Å². The van der Waals surface area contributed by atoms with Gasteiger partial charge in [-0.3, -0.25) is 0 Å². The van der Waals surface area contributed by atoms with Gasteiger partial charge in [0.15, 0.2) is 0 Å². The molecule has 1 saturated carbocycles. The Hall–Kier alpha value is -0.0800. The lowest BCUT2D eigenvalue weighted by atomic mass is 9.87. The van der Waals surface area contributed by atoms with E-state index in [1.54, 1.807) is 0 Å². The molecule has 0 aliphatic heterocycles. The topological polar surface area (TPSA) is 18.5 Å². The van der Waals surface area contributed by atoms with Crippen LogP contribution in [0, 0.1) is 11.8 Å². The van der Waals surface area contributed by atoms with Gasteiger partial charge < -0.3 is 9.47 Å². The molecule has 0 saturated heterocycles. The molecule has 0 bridgehead atoms. The second-order valence-corrected chi connectivity index (χ2v) is 5.74. The lowest BCUT2D eigenvalue weighted by molar-refractivity contribution is -0.0465. The van der Waals surface area contributed by atoms with Gasteiger partial charge in [-0.1, -0.05) is 40.0 Å². The lowest BCUT2D eigenvalue weighted by Gasteiger charge is -2.31. The summed E-state index contributed by atoms with van der Waals surface area (Å²) in [7, 11) is 0. The highest BCUT2D eigenvalue weighted by atomic mass is 16.5. The summed E-state index contributed by atoms with van der Waals surface area (Å²) in [4.78, 5) is 0. The highest BCUT2D eigenvalue weighted by Gasteiger charge is 2.25. The van der Waals surface area contributed by atoms with Crippen LogP contribution in [0.3, 0.4) is 0 Å². The first-order valence-electron chi connectivity index (χ1n) is 7.43. The minimum Gasteiger partial charge on any atom is -0.381 e. The van der Waals surface area contributed by atoms with Gasteiger partial charge in [0.25, 0.3) is 0 Å². The molecule has 1 aliphatic carbocycles. The maximum absolute atomic E-state index is 6.01. The molecule has 1 aliphatic rings. The van der Waals surface area contributed by atoms with Gasteiger partial charge in [0.2, 0.25) is 0 Å². The minimum absolute atomic E-state index is 0.461. The summed E-state index contributed by atoms with van der Waals surface area (Å²) in [6.07, 6.45) is 8.08. The van der Waals surface area contributed by atoms with Crippen molar-refractivity contribution in [1.82, 2.24) is 0 Å². The Bertz CT molecular complexity index is 180. The quantitative estimate of drug-likeness (QED) is 0.598. The molecule has 17 heavy (non-hydrogen) atoms. The minimum atomic E-state index is 0.461. The van der Waals surface area contributed by atoms with E-state index in [0.717, 1.165) is 19.8 Å². The first kappa shape index (κ1) is 15.0. The molecule has 0 heterocycles. The molecular weight excluding hydrogens is 212 g/mol. The summed E-state index contributed by atoms with van der Waals surface area (Å²) in [5, 5.41) is 0. The number of hydrogen-bond donors (Lipinski definition) is 0. The highest BCUT2D eigenvalue weighted by molar-refractivity contribution is 4.76. The smallest absolute Gasteiger partial charge is 0.0625 e. The van der Waals surface area contributed by atoms with Gasteiger partial charge >= 0.3 is 0 Å². The summed E-state index contributed by atoms with van der Waals surface area (Å²) >= 11 is 0. The third-order valence-electron chi connectivity index (χ3n) is 3.45. The predicted octanol–water partition coefficient (Wildman–Crippen LogP) is 4.03. The Morgan fingerprint density at radius 3 is 2.65 bits per heavy atom. The Morgan fingerprint density at radius 1 is 1.18 bits per heavy atom. The standard InChI is InChI=1S/C15H30O2/c1-4-5-10-17-15-9-7-6-8-14(15)12-16-11-13(2)3/h13-15H,4-12H2,1-3H3. The van der Waals surface area contributed by atoms with Gasteiger partial charge in [-0.25, -0.2) is 0 Å². The van der Waals surface area contributed by atoms with Crippen molar-refractivity contribution in [3.63, 3.8) is 0 Å². The maximum Gasteiger partial charge on any atom is 0.0625 e. The molecule has 1 rings (SSSR count). The van der Waals surface area contributed by atoms with Gasteiger partial charge in [0.1, 0.15) is 0 Å². The van der Waals surface area contributed by atoms with Crippen molar-refractivity contribution in [2.24, 2.45) is 11.8 Å². The van der Waals surface area contributed by atoms with Crippen molar-refractivity contribution in [3.8, 4) is 0 Å². The van der Waals surface area contributed by atoms with E-state index in [1.165, 1.54) is 38.5 Å². The molecule has 0 aromatic rings. The normalized spacial score (nSPS) is 25.4. The van der Waals surface area contributed by atoms with Crippen LogP contribution in [0.2, 0.25) is 0 Å². The fraction of sp³-hybridized carbons (Fsp3) is 1.00. The zero-order valence-corrected chi connectivity index (χ0v) is 11.9. The van der Waals surface area contributed by atoms with Crippen LogP contribution >= 0.6 is 0 Å². The summed E-state index contributed by atoms with van der Waals surface area (Å²) in [5.74, 6) is 1.28. The van der Waals surface area contributed by atoms with Gasteiger partial charge in [0.05, 0.1) is 12.7 Å². The van der Waals surface area contributed by atoms with Crippen molar-refractivity contribution in [1.29, 1.82) is 0 Å². The van der Waals surface area contributed by atoms with Crippen LogP contribution in [-0.2, 0) is 9.47 Å². The molecular formula is C15H30O2. The predicted molar refractivity (Wildman–Crippen MR) is 72.3 cm³/mol. The zero-order chi connectivity index (χ0) is 12.5. The van der Waals surface area contributed by atoms with Crippen LogP contribution in [0.4, 0.5) is 0 Å². The Morgan fingerprint density at radius 2 is 1.94 bits per heavy atom. The molecule has 0 aromatic carbocycles. The van der Waals surface area contributed by atoms with Crippen LogP contribution in [-0.4, -0.2) is 25.9 Å². The Kier molecular flexibility index (Phi) is 7.87. The van der Waals surface area contributed by atoms with Gasteiger partial charge in [-0.05, 0) is 25.2 Å². The molecule has 2 atom stereocenters. The monoisotopic (exact) mass is 242 g/mol. The molecule has 0 aromatic heterocycles. The molecule has 0 spiro atoms. The molecule has 0 amide bonds. The first-order chi connectivity index (χ1) is 8.24. The lowest BCUT2D eigenvalue weighted by Crippen LogP contribution is -2.31. The van der Waals surface area contributed by atoms with Crippen molar-refractivity contribution in [2.45, 2.75) is 65.4 Å². The zero-order valence-electron chi connectivity index (χ0n) is 11.9. The van der Waals surface area contributed by atoms with E-state index in [2.05, 4.69) is 20.8 Å². The van der Waals surface area contributed by atoms with E-state index in [-0.39, 0.29) is 0 Å². The van der Waals surface area contributed by atoms with Crippen molar-refractivity contribution >= 4 is 0 Å². The van der Waals surface area contributed by atoms with E-state index in [4.69, 9.17) is 9.47 Å². The molecule has 102 valence electrons. The Labute approximate surface area is 107 Å². The van der Waals surface area contributed by atoms with Crippen molar-refractivity contribution in [3.05, 3.63) is 0 Å². The SMILES string of the molecule is CCCCOC1CCCCC1COCC(C)C. The second-order valence-electron chi connectivity index (χ2n) is 5.74. The number of hydrogen-bond acceptors (Lipinski definition) is 2. The summed E-state index contributed by atoms with van der Waals surface area (Å²) in [5.41, 5.74) is 0. The van der Waals surface area contributed by atoms with Crippen LogP contribution in [0.5, 0.6) is 0 Å². The van der Waals surface area contributed by atoms with Gasteiger partial charge in [-0.2, -0.15) is 0 Å². The van der Waals surface area contributed by atoms with Gasteiger partial charge in [-0.15, -0.1) is 0 Å². The second kappa shape index (κ2) is 8.93. The molecule has 2 nitrogen and oxygen atoms in total. The summed E-state index contributed by atoms with van der Waals surface area (Å²) < 4.78 is 11.8.